The average Bonchev–Trinajstić information content (AvgIpc) is 2.74. The van der Waals surface area contributed by atoms with E-state index in [1.807, 2.05) is 0 Å². The number of hydrogen-bond acceptors (Lipinski definition) is 3. The SMILES string of the molecule is N#Cc1cc(F)c(N2C(=O)C3=CCCCN3C2=O)cc1F. The molecule has 0 N–H and O–H groups in total. The molecular weight excluding hydrogens is 280 g/mol. The van der Waals surface area contributed by atoms with E-state index in [2.05, 4.69) is 0 Å². The number of allylic oxidation sites excluding steroid dienone is 1. The van der Waals surface area contributed by atoms with Crippen molar-refractivity contribution in [3.63, 3.8) is 0 Å². The number of benzene rings is 1. The van der Waals surface area contributed by atoms with Gasteiger partial charge in [-0.1, -0.05) is 6.08 Å². The van der Waals surface area contributed by atoms with Crippen LogP contribution in [0.15, 0.2) is 23.9 Å². The van der Waals surface area contributed by atoms with Crippen LogP contribution in [0.4, 0.5) is 19.3 Å². The summed E-state index contributed by atoms with van der Waals surface area (Å²) in [5, 5.41) is 8.65. The van der Waals surface area contributed by atoms with Gasteiger partial charge in [0.15, 0.2) is 0 Å². The van der Waals surface area contributed by atoms with E-state index in [0.29, 0.717) is 36.4 Å². The lowest BCUT2D eigenvalue weighted by atomic mass is 10.1. The molecule has 0 bridgehead atoms. The molecule has 1 saturated heterocycles. The van der Waals surface area contributed by atoms with Crippen LogP contribution in [0.25, 0.3) is 0 Å². The summed E-state index contributed by atoms with van der Waals surface area (Å²) in [6.07, 6.45) is 2.98. The molecule has 2 heterocycles. The maximum Gasteiger partial charge on any atom is 0.336 e. The summed E-state index contributed by atoms with van der Waals surface area (Å²) in [6.45, 7) is 0.368. The summed E-state index contributed by atoms with van der Waals surface area (Å²) in [6, 6.07) is 2.18. The van der Waals surface area contributed by atoms with Crippen LogP contribution in [0.3, 0.4) is 0 Å². The molecule has 1 aromatic rings. The first-order chi connectivity index (χ1) is 10.0. The van der Waals surface area contributed by atoms with E-state index in [-0.39, 0.29) is 5.70 Å². The molecule has 0 atom stereocenters. The van der Waals surface area contributed by atoms with Gasteiger partial charge in [0.25, 0.3) is 5.91 Å². The summed E-state index contributed by atoms with van der Waals surface area (Å²) in [5.74, 6) is -2.65. The van der Waals surface area contributed by atoms with E-state index in [1.54, 1.807) is 6.08 Å². The largest absolute Gasteiger partial charge is 0.336 e. The lowest BCUT2D eigenvalue weighted by molar-refractivity contribution is -0.114. The summed E-state index contributed by atoms with van der Waals surface area (Å²) in [5.41, 5.74) is -0.764. The Labute approximate surface area is 118 Å². The Morgan fingerprint density at radius 2 is 1.95 bits per heavy atom. The Morgan fingerprint density at radius 3 is 2.62 bits per heavy atom. The molecule has 0 aliphatic carbocycles. The summed E-state index contributed by atoms with van der Waals surface area (Å²) in [7, 11) is 0. The smallest absolute Gasteiger partial charge is 0.289 e. The molecule has 2 aliphatic heterocycles. The van der Waals surface area contributed by atoms with Crippen molar-refractivity contribution < 1.29 is 18.4 Å². The Kier molecular flexibility index (Phi) is 2.94. The topological polar surface area (TPSA) is 64.4 Å². The van der Waals surface area contributed by atoms with Gasteiger partial charge in [-0.25, -0.2) is 18.5 Å². The molecule has 1 aromatic carbocycles. The third-order valence-corrected chi connectivity index (χ3v) is 3.46. The van der Waals surface area contributed by atoms with Crippen molar-refractivity contribution in [1.82, 2.24) is 4.90 Å². The first-order valence-electron chi connectivity index (χ1n) is 6.30. The van der Waals surface area contributed by atoms with Gasteiger partial charge in [-0.15, -0.1) is 0 Å². The van der Waals surface area contributed by atoms with Gasteiger partial charge in [-0.05, 0) is 18.9 Å². The number of amides is 3. The van der Waals surface area contributed by atoms with Crippen LogP contribution in [-0.2, 0) is 4.79 Å². The predicted molar refractivity (Wildman–Crippen MR) is 68.0 cm³/mol. The lowest BCUT2D eigenvalue weighted by Gasteiger charge is -2.19. The number of nitrogens with zero attached hydrogens (tertiary/aromatic N) is 3. The molecule has 5 nitrogen and oxygen atoms in total. The number of carbonyl (C=O) groups is 2. The zero-order chi connectivity index (χ0) is 15.1. The maximum absolute atomic E-state index is 14.0. The standard InChI is InChI=1S/C14H9F2N3O2/c15-9-6-12(10(16)5-8(9)7-17)19-13(20)11-3-1-2-4-18(11)14(19)21/h3,5-6H,1-2,4H2. The van der Waals surface area contributed by atoms with Crippen molar-refractivity contribution in [3.8, 4) is 6.07 Å². The van der Waals surface area contributed by atoms with Gasteiger partial charge in [0.1, 0.15) is 23.4 Å². The number of nitriles is 1. The minimum Gasteiger partial charge on any atom is -0.289 e. The van der Waals surface area contributed by atoms with Gasteiger partial charge >= 0.3 is 6.03 Å². The molecule has 3 amide bonds. The number of carbonyl (C=O) groups excluding carboxylic acids is 2. The molecule has 0 unspecified atom stereocenters. The van der Waals surface area contributed by atoms with E-state index in [9.17, 15) is 18.4 Å². The summed E-state index contributed by atoms with van der Waals surface area (Å²) < 4.78 is 27.6. The Hall–Kier alpha value is -2.75. The van der Waals surface area contributed by atoms with Crippen molar-refractivity contribution in [2.24, 2.45) is 0 Å². The number of rotatable bonds is 1. The van der Waals surface area contributed by atoms with Gasteiger partial charge in [0.2, 0.25) is 0 Å². The molecule has 0 saturated carbocycles. The molecule has 0 aromatic heterocycles. The molecule has 21 heavy (non-hydrogen) atoms. The molecule has 0 radical (unpaired) electrons. The second-order valence-electron chi connectivity index (χ2n) is 4.70. The van der Waals surface area contributed by atoms with Crippen LogP contribution < -0.4 is 4.90 Å². The second-order valence-corrected chi connectivity index (χ2v) is 4.70. The predicted octanol–water partition coefficient (Wildman–Crippen LogP) is 2.28. The molecule has 1 fully saturated rings. The van der Waals surface area contributed by atoms with Gasteiger partial charge in [-0.3, -0.25) is 9.69 Å². The molecule has 0 spiro atoms. The third kappa shape index (κ3) is 1.88. The minimum atomic E-state index is -0.991. The molecule has 7 heteroatoms. The van der Waals surface area contributed by atoms with Crippen molar-refractivity contribution >= 4 is 17.6 Å². The fraction of sp³-hybridized carbons (Fsp3) is 0.214. The number of halogens is 2. The van der Waals surface area contributed by atoms with Crippen LogP contribution in [0.5, 0.6) is 0 Å². The van der Waals surface area contributed by atoms with Crippen LogP contribution in [0, 0.1) is 23.0 Å². The molecule has 2 aliphatic rings. The van der Waals surface area contributed by atoms with E-state index in [1.165, 1.54) is 11.0 Å². The Bertz CT molecular complexity index is 736. The molecule has 106 valence electrons. The zero-order valence-electron chi connectivity index (χ0n) is 10.8. The van der Waals surface area contributed by atoms with Crippen molar-refractivity contribution in [2.75, 3.05) is 11.4 Å². The third-order valence-electron chi connectivity index (χ3n) is 3.46. The highest BCUT2D eigenvalue weighted by Crippen LogP contribution is 2.32. The highest BCUT2D eigenvalue weighted by Gasteiger charge is 2.43. The minimum absolute atomic E-state index is 0.190. The van der Waals surface area contributed by atoms with Crippen LogP contribution in [-0.4, -0.2) is 23.4 Å². The second kappa shape index (κ2) is 4.66. The van der Waals surface area contributed by atoms with Gasteiger partial charge in [-0.2, -0.15) is 5.26 Å². The number of urea groups is 1. The van der Waals surface area contributed by atoms with Gasteiger partial charge in [0.05, 0.1) is 11.3 Å². The summed E-state index contributed by atoms with van der Waals surface area (Å²) >= 11 is 0. The molecular formula is C14H9F2N3O2. The van der Waals surface area contributed by atoms with Crippen molar-refractivity contribution in [2.45, 2.75) is 12.8 Å². The number of hydrogen-bond donors (Lipinski definition) is 0. The molecule has 3 rings (SSSR count). The first kappa shape index (κ1) is 13.2. The van der Waals surface area contributed by atoms with Crippen molar-refractivity contribution in [1.29, 1.82) is 5.26 Å². The highest BCUT2D eigenvalue weighted by molar-refractivity contribution is 6.26. The number of anilines is 1. The fourth-order valence-corrected chi connectivity index (χ4v) is 2.45. The zero-order valence-corrected chi connectivity index (χ0v) is 10.8. The lowest BCUT2D eigenvalue weighted by Crippen LogP contribution is -2.34. The Balaban J connectivity index is 2.10. The van der Waals surface area contributed by atoms with Gasteiger partial charge in [0, 0.05) is 12.6 Å². The highest BCUT2D eigenvalue weighted by atomic mass is 19.1. The fourth-order valence-electron chi connectivity index (χ4n) is 2.45. The van der Waals surface area contributed by atoms with E-state index in [4.69, 9.17) is 5.26 Å². The van der Waals surface area contributed by atoms with E-state index >= 15 is 0 Å². The quantitative estimate of drug-likeness (QED) is 0.745. The summed E-state index contributed by atoms with van der Waals surface area (Å²) in [4.78, 5) is 26.3. The van der Waals surface area contributed by atoms with E-state index < -0.39 is 34.8 Å². The number of imide groups is 1. The Morgan fingerprint density at radius 1 is 1.19 bits per heavy atom. The maximum atomic E-state index is 14.0. The monoisotopic (exact) mass is 289 g/mol. The van der Waals surface area contributed by atoms with Gasteiger partial charge < -0.3 is 0 Å². The normalized spacial score (nSPS) is 17.7. The van der Waals surface area contributed by atoms with Crippen LogP contribution >= 0.6 is 0 Å². The first-order valence-corrected chi connectivity index (χ1v) is 6.30. The van der Waals surface area contributed by atoms with Crippen LogP contribution in [0.1, 0.15) is 18.4 Å². The van der Waals surface area contributed by atoms with Crippen molar-refractivity contribution in [3.05, 3.63) is 41.1 Å². The van der Waals surface area contributed by atoms with E-state index in [0.717, 1.165) is 0 Å². The van der Waals surface area contributed by atoms with Crippen LogP contribution in [0.2, 0.25) is 0 Å². The average molecular weight is 289 g/mol. The number of fused-ring (bicyclic) bond motifs is 1.